The van der Waals surface area contributed by atoms with Crippen LogP contribution in [0.25, 0.3) is 0 Å². The highest BCUT2D eigenvalue weighted by atomic mass is 16.5. The molecule has 25 heavy (non-hydrogen) atoms. The lowest BCUT2D eigenvalue weighted by Crippen LogP contribution is -2.38. The number of hydrogen-bond donors (Lipinski definition) is 2. The third-order valence-corrected chi connectivity index (χ3v) is 5.09. The van der Waals surface area contributed by atoms with Gasteiger partial charge in [-0.1, -0.05) is 19.3 Å². The van der Waals surface area contributed by atoms with Crippen molar-refractivity contribution < 1.29 is 4.74 Å². The van der Waals surface area contributed by atoms with Crippen LogP contribution in [-0.2, 0) is 24.2 Å². The van der Waals surface area contributed by atoms with Gasteiger partial charge >= 0.3 is 0 Å². The fourth-order valence-electron chi connectivity index (χ4n) is 3.64. The molecular formula is C18H32N6O. The van der Waals surface area contributed by atoms with Crippen LogP contribution in [0.15, 0.2) is 4.99 Å². The Bertz CT molecular complexity index is 550. The topological polar surface area (TPSA) is 76.4 Å². The van der Waals surface area contributed by atoms with Crippen molar-refractivity contribution in [1.82, 2.24) is 25.4 Å². The number of aryl methyl sites for hydroxylation is 1. The first-order chi connectivity index (χ1) is 12.4. The van der Waals surface area contributed by atoms with Crippen molar-refractivity contribution in [3.8, 4) is 0 Å². The van der Waals surface area contributed by atoms with Gasteiger partial charge in [0.1, 0.15) is 5.82 Å². The van der Waals surface area contributed by atoms with Gasteiger partial charge in [0.2, 0.25) is 0 Å². The molecule has 0 aromatic carbocycles. The van der Waals surface area contributed by atoms with Crippen molar-refractivity contribution in [2.24, 2.45) is 4.99 Å². The van der Waals surface area contributed by atoms with Crippen molar-refractivity contribution in [2.45, 2.75) is 77.0 Å². The fraction of sp³-hybridized carbons (Fsp3) is 0.833. The number of nitrogens with zero attached hydrogens (tertiary/aromatic N) is 4. The maximum Gasteiger partial charge on any atom is 0.191 e. The van der Waals surface area contributed by atoms with Crippen molar-refractivity contribution in [1.29, 1.82) is 0 Å². The number of ether oxygens (including phenoxy) is 1. The Kier molecular flexibility index (Phi) is 7.09. The van der Waals surface area contributed by atoms with E-state index in [2.05, 4.69) is 30.4 Å². The first-order valence-electron chi connectivity index (χ1n) is 9.84. The predicted molar refractivity (Wildman–Crippen MR) is 98.6 cm³/mol. The molecule has 2 heterocycles. The Morgan fingerprint density at radius 2 is 2.04 bits per heavy atom. The molecule has 3 rings (SSSR count). The van der Waals surface area contributed by atoms with E-state index in [1.807, 2.05) is 0 Å². The predicted octanol–water partition coefficient (Wildman–Crippen LogP) is 2.02. The standard InChI is InChI=1S/C18H32N6O/c1-19-18(20-11-7-13-25-15-8-3-2-4-9-15)21-14-17-23-22-16-10-5-6-12-24(16)17/h15H,2-14H2,1H3,(H2,19,20,21). The van der Waals surface area contributed by atoms with Gasteiger partial charge < -0.3 is 19.9 Å². The lowest BCUT2D eigenvalue weighted by molar-refractivity contribution is 0.0277. The minimum atomic E-state index is 0.491. The molecule has 0 bridgehead atoms. The third kappa shape index (κ3) is 5.42. The molecule has 0 unspecified atom stereocenters. The smallest absolute Gasteiger partial charge is 0.191 e. The third-order valence-electron chi connectivity index (χ3n) is 5.09. The molecule has 7 nitrogen and oxygen atoms in total. The van der Waals surface area contributed by atoms with Gasteiger partial charge in [0, 0.05) is 33.2 Å². The lowest BCUT2D eigenvalue weighted by Gasteiger charge is -2.22. The molecule has 2 N–H and O–H groups in total. The largest absolute Gasteiger partial charge is 0.378 e. The summed E-state index contributed by atoms with van der Waals surface area (Å²) in [5, 5.41) is 15.3. The monoisotopic (exact) mass is 348 g/mol. The quantitative estimate of drug-likeness (QED) is 0.448. The number of aromatic nitrogens is 3. The molecule has 0 amide bonds. The Balaban J connectivity index is 1.32. The van der Waals surface area contributed by atoms with Crippen LogP contribution in [0.2, 0.25) is 0 Å². The van der Waals surface area contributed by atoms with Gasteiger partial charge in [-0.3, -0.25) is 4.99 Å². The Hall–Kier alpha value is -1.63. The van der Waals surface area contributed by atoms with Crippen LogP contribution in [0.3, 0.4) is 0 Å². The molecule has 140 valence electrons. The van der Waals surface area contributed by atoms with Crippen LogP contribution in [0.4, 0.5) is 0 Å². The molecule has 0 saturated heterocycles. The van der Waals surface area contributed by atoms with Crippen LogP contribution in [0.1, 0.15) is 63.0 Å². The lowest BCUT2D eigenvalue weighted by atomic mass is 9.98. The van der Waals surface area contributed by atoms with E-state index in [0.29, 0.717) is 12.6 Å². The summed E-state index contributed by atoms with van der Waals surface area (Å²) in [6.45, 7) is 3.38. The second-order valence-electron chi connectivity index (χ2n) is 6.98. The minimum absolute atomic E-state index is 0.491. The average molecular weight is 348 g/mol. The highest BCUT2D eigenvalue weighted by Gasteiger charge is 2.16. The zero-order valence-corrected chi connectivity index (χ0v) is 15.5. The fourth-order valence-corrected chi connectivity index (χ4v) is 3.64. The van der Waals surface area contributed by atoms with Gasteiger partial charge in [-0.2, -0.15) is 0 Å². The molecule has 7 heteroatoms. The normalized spacial score (nSPS) is 18.8. The van der Waals surface area contributed by atoms with E-state index in [0.717, 1.165) is 50.1 Å². The first kappa shape index (κ1) is 18.2. The SMILES string of the molecule is CN=C(NCCCOC1CCCCC1)NCc1nnc2n1CCCC2. The van der Waals surface area contributed by atoms with Gasteiger partial charge in [0.25, 0.3) is 0 Å². The molecule has 1 aliphatic heterocycles. The molecule has 1 fully saturated rings. The van der Waals surface area contributed by atoms with Gasteiger partial charge in [-0.15, -0.1) is 10.2 Å². The van der Waals surface area contributed by atoms with Gasteiger partial charge in [-0.25, -0.2) is 0 Å². The zero-order chi connectivity index (χ0) is 17.3. The van der Waals surface area contributed by atoms with Crippen LogP contribution < -0.4 is 10.6 Å². The summed E-state index contributed by atoms with van der Waals surface area (Å²) in [6.07, 6.45) is 11.5. The Morgan fingerprint density at radius 1 is 1.16 bits per heavy atom. The number of hydrogen-bond acceptors (Lipinski definition) is 4. The van der Waals surface area contributed by atoms with Crippen LogP contribution in [0, 0.1) is 0 Å². The molecule has 0 spiro atoms. The number of fused-ring (bicyclic) bond motifs is 1. The summed E-state index contributed by atoms with van der Waals surface area (Å²) in [4.78, 5) is 4.28. The molecular weight excluding hydrogens is 316 g/mol. The number of nitrogens with one attached hydrogen (secondary N) is 2. The summed E-state index contributed by atoms with van der Waals surface area (Å²) < 4.78 is 8.20. The van der Waals surface area contributed by atoms with E-state index >= 15 is 0 Å². The minimum Gasteiger partial charge on any atom is -0.378 e. The molecule has 2 aliphatic rings. The van der Waals surface area contributed by atoms with E-state index in [4.69, 9.17) is 4.74 Å². The average Bonchev–Trinajstić information content (AvgIpc) is 3.08. The van der Waals surface area contributed by atoms with Crippen molar-refractivity contribution in [3.63, 3.8) is 0 Å². The van der Waals surface area contributed by atoms with Gasteiger partial charge in [0.15, 0.2) is 11.8 Å². The van der Waals surface area contributed by atoms with Crippen molar-refractivity contribution >= 4 is 5.96 Å². The van der Waals surface area contributed by atoms with E-state index in [1.165, 1.54) is 44.9 Å². The van der Waals surface area contributed by atoms with Gasteiger partial charge in [-0.05, 0) is 32.1 Å². The zero-order valence-electron chi connectivity index (χ0n) is 15.5. The molecule has 0 radical (unpaired) electrons. The van der Waals surface area contributed by atoms with Crippen molar-refractivity contribution in [3.05, 3.63) is 11.6 Å². The maximum absolute atomic E-state index is 5.96. The van der Waals surface area contributed by atoms with E-state index < -0.39 is 0 Å². The van der Waals surface area contributed by atoms with Crippen LogP contribution in [0.5, 0.6) is 0 Å². The maximum atomic E-state index is 5.96. The van der Waals surface area contributed by atoms with E-state index in [1.54, 1.807) is 7.05 Å². The van der Waals surface area contributed by atoms with Crippen LogP contribution in [-0.4, -0.2) is 47.0 Å². The summed E-state index contributed by atoms with van der Waals surface area (Å²) in [7, 11) is 1.80. The summed E-state index contributed by atoms with van der Waals surface area (Å²) in [5.74, 6) is 2.93. The molecule has 1 aromatic heterocycles. The highest BCUT2D eigenvalue weighted by Crippen LogP contribution is 2.20. The highest BCUT2D eigenvalue weighted by molar-refractivity contribution is 5.79. The number of guanidine groups is 1. The van der Waals surface area contributed by atoms with Crippen molar-refractivity contribution in [2.75, 3.05) is 20.2 Å². The summed E-state index contributed by atoms with van der Waals surface area (Å²) in [5.41, 5.74) is 0. The van der Waals surface area contributed by atoms with E-state index in [9.17, 15) is 0 Å². The van der Waals surface area contributed by atoms with E-state index in [-0.39, 0.29) is 0 Å². The summed E-state index contributed by atoms with van der Waals surface area (Å²) >= 11 is 0. The Morgan fingerprint density at radius 3 is 2.88 bits per heavy atom. The van der Waals surface area contributed by atoms with Crippen LogP contribution >= 0.6 is 0 Å². The summed E-state index contributed by atoms with van der Waals surface area (Å²) in [6, 6.07) is 0. The molecule has 0 atom stereocenters. The molecule has 1 aliphatic carbocycles. The first-order valence-corrected chi connectivity index (χ1v) is 9.84. The number of rotatable bonds is 7. The Labute approximate surface area is 150 Å². The number of aliphatic imine (C=N–C) groups is 1. The second kappa shape index (κ2) is 9.75. The molecule has 1 aromatic rings. The molecule has 1 saturated carbocycles. The van der Waals surface area contributed by atoms with Gasteiger partial charge in [0.05, 0.1) is 12.6 Å². The second-order valence-corrected chi connectivity index (χ2v) is 6.98.